The van der Waals surface area contributed by atoms with Gasteiger partial charge in [0.15, 0.2) is 5.82 Å². The van der Waals surface area contributed by atoms with Gasteiger partial charge in [0.1, 0.15) is 18.2 Å². The second-order valence-electron chi connectivity index (χ2n) is 8.30. The molecule has 1 aromatic heterocycles. The van der Waals surface area contributed by atoms with Crippen LogP contribution in [0.15, 0.2) is 12.1 Å². The monoisotopic (exact) mass is 444 g/mol. The molecule has 0 atom stereocenters. The summed E-state index contributed by atoms with van der Waals surface area (Å²) in [5.41, 5.74) is 3.52. The summed E-state index contributed by atoms with van der Waals surface area (Å²) in [6.07, 6.45) is 2.63. The third-order valence-corrected chi connectivity index (χ3v) is 6.41. The van der Waals surface area contributed by atoms with Crippen LogP contribution in [0, 0.1) is 12.7 Å². The van der Waals surface area contributed by atoms with Gasteiger partial charge >= 0.3 is 0 Å². The lowest BCUT2D eigenvalue weighted by Crippen LogP contribution is -2.36. The topological polar surface area (TPSA) is 59.8 Å². The molecule has 3 aliphatic rings. The fraction of sp³-hybridized carbons (Fsp3) is 0.583. The number of ether oxygens (including phenoxy) is 2. The van der Waals surface area contributed by atoms with Crippen molar-refractivity contribution in [3.63, 3.8) is 0 Å². The number of hydrogen-bond acceptors (Lipinski definition) is 5. The SMILES string of the molecule is CC.CC(=O)N1CCc2c(c(N3CCOc4cc(C)c(F)cc43)nn2C2CCOCC2)C1. The maximum absolute atomic E-state index is 14.4. The Balaban J connectivity index is 0.00000119. The second kappa shape index (κ2) is 9.48. The van der Waals surface area contributed by atoms with Crippen LogP contribution in [-0.2, 0) is 22.5 Å². The molecule has 0 radical (unpaired) electrons. The first kappa shape index (κ1) is 22.6. The van der Waals surface area contributed by atoms with Crippen LogP contribution >= 0.6 is 0 Å². The molecule has 0 unspecified atom stereocenters. The Morgan fingerprint density at radius 1 is 1.16 bits per heavy atom. The van der Waals surface area contributed by atoms with Crippen LogP contribution in [0.1, 0.15) is 56.5 Å². The first-order chi connectivity index (χ1) is 15.5. The summed E-state index contributed by atoms with van der Waals surface area (Å²) in [5.74, 6) is 1.30. The van der Waals surface area contributed by atoms with E-state index in [0.29, 0.717) is 49.3 Å². The quantitative estimate of drug-likeness (QED) is 0.697. The van der Waals surface area contributed by atoms with E-state index in [0.717, 1.165) is 43.9 Å². The van der Waals surface area contributed by atoms with Crippen LogP contribution in [0.4, 0.5) is 15.9 Å². The van der Waals surface area contributed by atoms with E-state index in [9.17, 15) is 9.18 Å². The van der Waals surface area contributed by atoms with Gasteiger partial charge in [-0.15, -0.1) is 0 Å². The lowest BCUT2D eigenvalue weighted by Gasteiger charge is -2.32. The molecule has 3 aliphatic heterocycles. The lowest BCUT2D eigenvalue weighted by molar-refractivity contribution is -0.129. The summed E-state index contributed by atoms with van der Waals surface area (Å²) in [6.45, 7) is 11.1. The van der Waals surface area contributed by atoms with E-state index in [2.05, 4.69) is 9.58 Å². The average molecular weight is 445 g/mol. The highest BCUT2D eigenvalue weighted by Gasteiger charge is 2.33. The molecule has 7 nitrogen and oxygen atoms in total. The normalized spacial score (nSPS) is 18.3. The number of aryl methyl sites for hydroxylation is 1. The molecule has 5 rings (SSSR count). The van der Waals surface area contributed by atoms with E-state index in [1.165, 1.54) is 11.8 Å². The molecule has 1 aromatic carbocycles. The lowest BCUT2D eigenvalue weighted by atomic mass is 10.0. The van der Waals surface area contributed by atoms with Crippen LogP contribution in [0.25, 0.3) is 0 Å². The maximum atomic E-state index is 14.4. The molecule has 0 spiro atoms. The highest BCUT2D eigenvalue weighted by atomic mass is 19.1. The largest absolute Gasteiger partial charge is 0.490 e. The molecule has 2 aromatic rings. The number of aromatic nitrogens is 2. The fourth-order valence-electron chi connectivity index (χ4n) is 4.70. The molecule has 8 heteroatoms. The van der Waals surface area contributed by atoms with Crippen LogP contribution in [-0.4, -0.2) is 53.5 Å². The molecule has 32 heavy (non-hydrogen) atoms. The Bertz CT molecular complexity index is 984. The van der Waals surface area contributed by atoms with E-state index in [1.54, 1.807) is 19.9 Å². The minimum atomic E-state index is -0.257. The molecule has 1 fully saturated rings. The highest BCUT2D eigenvalue weighted by molar-refractivity contribution is 5.75. The fourth-order valence-corrected chi connectivity index (χ4v) is 4.70. The number of rotatable bonds is 2. The van der Waals surface area contributed by atoms with Crippen LogP contribution < -0.4 is 9.64 Å². The smallest absolute Gasteiger partial charge is 0.219 e. The number of carbonyl (C=O) groups excluding carboxylic acids is 1. The number of fused-ring (bicyclic) bond motifs is 2. The van der Waals surface area contributed by atoms with E-state index in [4.69, 9.17) is 14.6 Å². The summed E-state index contributed by atoms with van der Waals surface area (Å²) >= 11 is 0. The number of nitrogens with zero attached hydrogens (tertiary/aromatic N) is 4. The summed E-state index contributed by atoms with van der Waals surface area (Å²) in [6, 6.07) is 3.58. The number of hydrogen-bond donors (Lipinski definition) is 0. The molecule has 1 saturated heterocycles. The Morgan fingerprint density at radius 2 is 1.91 bits per heavy atom. The summed E-state index contributed by atoms with van der Waals surface area (Å²) in [7, 11) is 0. The van der Waals surface area contributed by atoms with Crippen molar-refractivity contribution in [2.45, 2.75) is 59.5 Å². The van der Waals surface area contributed by atoms with E-state index < -0.39 is 0 Å². The van der Waals surface area contributed by atoms with Crippen molar-refractivity contribution in [3.8, 4) is 5.75 Å². The van der Waals surface area contributed by atoms with Crippen molar-refractivity contribution in [2.24, 2.45) is 0 Å². The predicted molar refractivity (Wildman–Crippen MR) is 121 cm³/mol. The van der Waals surface area contributed by atoms with Gasteiger partial charge in [0.2, 0.25) is 5.91 Å². The van der Waals surface area contributed by atoms with Gasteiger partial charge in [-0.05, 0) is 31.4 Å². The van der Waals surface area contributed by atoms with Crippen LogP contribution in [0.3, 0.4) is 0 Å². The van der Waals surface area contributed by atoms with Crippen molar-refractivity contribution in [2.75, 3.05) is 37.8 Å². The standard InChI is InChI=1S/C22H27FN4O3.C2H6/c1-14-11-21-20(12-18(14)23)26(7-10-30-21)22-17-13-25(15(2)28)6-3-19(17)27(24-22)16-4-8-29-9-5-16;1-2/h11-12,16H,3-10,13H2,1-2H3;1-2H3. The second-order valence-corrected chi connectivity index (χ2v) is 8.30. The molecular formula is C24H33FN4O3. The predicted octanol–water partition coefficient (Wildman–Crippen LogP) is 4.14. The van der Waals surface area contributed by atoms with Crippen LogP contribution in [0.2, 0.25) is 0 Å². The number of anilines is 2. The van der Waals surface area contributed by atoms with Crippen LogP contribution in [0.5, 0.6) is 5.75 Å². The van der Waals surface area contributed by atoms with Gasteiger partial charge in [-0.3, -0.25) is 9.48 Å². The molecule has 0 aliphatic carbocycles. The van der Waals surface area contributed by atoms with Crippen molar-refractivity contribution in [1.82, 2.24) is 14.7 Å². The molecule has 0 bridgehead atoms. The summed E-state index contributed by atoms with van der Waals surface area (Å²) in [5, 5.41) is 5.05. The summed E-state index contributed by atoms with van der Waals surface area (Å²) in [4.78, 5) is 16.0. The Kier molecular flexibility index (Phi) is 6.69. The zero-order chi connectivity index (χ0) is 22.8. The molecular weight excluding hydrogens is 411 g/mol. The van der Waals surface area contributed by atoms with Gasteiger partial charge in [0.25, 0.3) is 0 Å². The molecule has 0 saturated carbocycles. The Morgan fingerprint density at radius 3 is 2.62 bits per heavy atom. The van der Waals surface area contributed by atoms with Gasteiger partial charge in [-0.1, -0.05) is 13.8 Å². The van der Waals surface area contributed by atoms with Gasteiger partial charge in [0.05, 0.1) is 24.8 Å². The zero-order valence-corrected chi connectivity index (χ0v) is 19.5. The number of carbonyl (C=O) groups is 1. The molecule has 0 N–H and O–H groups in total. The highest BCUT2D eigenvalue weighted by Crippen LogP contribution is 2.41. The Labute approximate surface area is 189 Å². The number of halogens is 1. The van der Waals surface area contributed by atoms with Crippen molar-refractivity contribution in [3.05, 3.63) is 34.8 Å². The van der Waals surface area contributed by atoms with Gasteiger partial charge in [-0.25, -0.2) is 4.39 Å². The first-order valence-corrected chi connectivity index (χ1v) is 11.7. The minimum Gasteiger partial charge on any atom is -0.490 e. The molecule has 1 amide bonds. The van der Waals surface area contributed by atoms with E-state index in [1.807, 2.05) is 18.7 Å². The maximum Gasteiger partial charge on any atom is 0.219 e. The van der Waals surface area contributed by atoms with Crippen molar-refractivity contribution in [1.29, 1.82) is 0 Å². The van der Waals surface area contributed by atoms with Gasteiger partial charge in [-0.2, -0.15) is 5.10 Å². The average Bonchev–Trinajstić information content (AvgIpc) is 3.20. The molecule has 174 valence electrons. The van der Waals surface area contributed by atoms with E-state index >= 15 is 0 Å². The number of benzene rings is 1. The Hall–Kier alpha value is -2.61. The third kappa shape index (κ3) is 4.08. The first-order valence-electron chi connectivity index (χ1n) is 11.7. The third-order valence-electron chi connectivity index (χ3n) is 6.41. The van der Waals surface area contributed by atoms with Crippen molar-refractivity contribution < 1.29 is 18.7 Å². The zero-order valence-electron chi connectivity index (χ0n) is 19.5. The molecule has 4 heterocycles. The van der Waals surface area contributed by atoms with Crippen molar-refractivity contribution >= 4 is 17.4 Å². The van der Waals surface area contributed by atoms with Gasteiger partial charge < -0.3 is 19.3 Å². The summed E-state index contributed by atoms with van der Waals surface area (Å²) < 4.78 is 27.9. The minimum absolute atomic E-state index is 0.0643. The van der Waals surface area contributed by atoms with Gasteiger partial charge in [0, 0.05) is 50.4 Å². The van der Waals surface area contributed by atoms with E-state index in [-0.39, 0.29) is 11.7 Å². The number of amides is 1.